The zero-order valence-corrected chi connectivity index (χ0v) is 15.5. The molecule has 0 bridgehead atoms. The number of aromatic amines is 1. The summed E-state index contributed by atoms with van der Waals surface area (Å²) in [4.78, 5) is 39.2. The number of aromatic nitrogens is 2. The fourth-order valence-corrected chi connectivity index (χ4v) is 3.02. The molecule has 5 unspecified atom stereocenters. The minimum Gasteiger partial charge on any atom is -0.481 e. The largest absolute Gasteiger partial charge is 0.481 e. The molecule has 0 spiro atoms. The molecule has 0 saturated carbocycles. The molecule has 1 aromatic heterocycles. The highest BCUT2D eigenvalue weighted by Gasteiger charge is 2.37. The number of nitrogens with zero attached hydrogens (tertiary/aromatic N) is 4. The molecule has 1 aliphatic rings. The van der Waals surface area contributed by atoms with E-state index in [1.54, 1.807) is 13.8 Å². The number of aliphatic carboxylic acids is 1. The quantitative estimate of drug-likeness (QED) is 0.237. The Labute approximate surface area is 159 Å². The summed E-state index contributed by atoms with van der Waals surface area (Å²) in [6.07, 6.45) is -1.12. The molecule has 2 rings (SSSR count). The van der Waals surface area contributed by atoms with E-state index in [1.807, 2.05) is 0 Å². The molecular formula is C16H23N5O7. The number of rotatable bonds is 9. The lowest BCUT2D eigenvalue weighted by molar-refractivity contribution is -0.147. The molecule has 3 N–H and O–H groups in total. The lowest BCUT2D eigenvalue weighted by Crippen LogP contribution is -2.33. The monoisotopic (exact) mass is 397 g/mol. The van der Waals surface area contributed by atoms with Gasteiger partial charge in [0.1, 0.15) is 6.23 Å². The van der Waals surface area contributed by atoms with E-state index in [4.69, 9.17) is 20.1 Å². The van der Waals surface area contributed by atoms with Crippen LogP contribution in [0.4, 0.5) is 0 Å². The normalized spacial score (nSPS) is 23.8. The van der Waals surface area contributed by atoms with Crippen molar-refractivity contribution in [1.29, 1.82) is 0 Å². The summed E-state index contributed by atoms with van der Waals surface area (Å²) >= 11 is 0. The number of azide groups is 1. The Kier molecular flexibility index (Phi) is 7.35. The van der Waals surface area contributed by atoms with Crippen LogP contribution >= 0.6 is 0 Å². The number of aryl methyl sites for hydroxylation is 1. The molecule has 154 valence electrons. The van der Waals surface area contributed by atoms with Crippen molar-refractivity contribution >= 4 is 5.97 Å². The SMILES string of the molecule is Cc1cn(C2CC(N=[N+]=[N-])C(COC(O)CC(C)CC(=O)O)O2)c(=O)[nH]c1=O. The summed E-state index contributed by atoms with van der Waals surface area (Å²) < 4.78 is 12.3. The molecule has 1 saturated heterocycles. The van der Waals surface area contributed by atoms with Gasteiger partial charge in [0.05, 0.1) is 18.8 Å². The van der Waals surface area contributed by atoms with Crippen molar-refractivity contribution in [2.45, 2.75) is 57.8 Å². The number of aliphatic hydroxyl groups is 1. The van der Waals surface area contributed by atoms with Gasteiger partial charge >= 0.3 is 11.7 Å². The summed E-state index contributed by atoms with van der Waals surface area (Å²) in [6, 6.07) is -0.641. The predicted octanol–water partition coefficient (Wildman–Crippen LogP) is 0.647. The van der Waals surface area contributed by atoms with Crippen LogP contribution in [0.25, 0.3) is 10.4 Å². The van der Waals surface area contributed by atoms with Gasteiger partial charge in [-0.25, -0.2) is 4.79 Å². The van der Waals surface area contributed by atoms with Gasteiger partial charge < -0.3 is 19.7 Å². The Hall–Kier alpha value is -2.66. The molecule has 1 aromatic rings. The second kappa shape index (κ2) is 9.51. The zero-order valence-electron chi connectivity index (χ0n) is 15.5. The first-order valence-electron chi connectivity index (χ1n) is 8.74. The Morgan fingerprint density at radius 3 is 2.93 bits per heavy atom. The minimum atomic E-state index is -1.21. The van der Waals surface area contributed by atoms with Crippen molar-refractivity contribution in [3.8, 4) is 0 Å². The van der Waals surface area contributed by atoms with E-state index in [1.165, 1.54) is 10.8 Å². The Morgan fingerprint density at radius 1 is 1.57 bits per heavy atom. The Balaban J connectivity index is 2.03. The molecule has 0 radical (unpaired) electrons. The molecule has 12 nitrogen and oxygen atoms in total. The van der Waals surface area contributed by atoms with E-state index >= 15 is 0 Å². The molecule has 28 heavy (non-hydrogen) atoms. The standard InChI is InChI=1S/C16H23N5O7/c1-8(3-13(22)23)4-14(24)27-7-11-10(19-20-17)5-12(28-11)21-6-9(2)15(25)18-16(21)26/h6,8,10-12,14,24H,3-5,7H2,1-2H3,(H,22,23)(H,18,25,26). The third kappa shape index (κ3) is 5.67. The number of aliphatic hydroxyl groups excluding tert-OH is 1. The van der Waals surface area contributed by atoms with Crippen molar-refractivity contribution in [2.24, 2.45) is 11.0 Å². The number of carbonyl (C=O) groups is 1. The van der Waals surface area contributed by atoms with E-state index in [0.29, 0.717) is 5.56 Å². The highest BCUT2D eigenvalue weighted by atomic mass is 16.6. The average Bonchev–Trinajstić information content (AvgIpc) is 2.98. The molecule has 1 fully saturated rings. The number of H-pyrrole nitrogens is 1. The van der Waals surface area contributed by atoms with Gasteiger partial charge in [-0.2, -0.15) is 0 Å². The highest BCUT2D eigenvalue weighted by molar-refractivity contribution is 5.66. The number of hydrogen-bond acceptors (Lipinski definition) is 7. The van der Waals surface area contributed by atoms with Crippen LogP contribution in [0.3, 0.4) is 0 Å². The molecule has 5 atom stereocenters. The van der Waals surface area contributed by atoms with Gasteiger partial charge in [-0.05, 0) is 18.4 Å². The highest BCUT2D eigenvalue weighted by Crippen LogP contribution is 2.30. The number of hydrogen-bond donors (Lipinski definition) is 3. The van der Waals surface area contributed by atoms with Crippen LogP contribution in [0, 0.1) is 12.8 Å². The predicted molar refractivity (Wildman–Crippen MR) is 95.5 cm³/mol. The molecular weight excluding hydrogens is 374 g/mol. The Morgan fingerprint density at radius 2 is 2.29 bits per heavy atom. The first-order chi connectivity index (χ1) is 13.2. The van der Waals surface area contributed by atoms with Gasteiger partial charge in [0, 0.05) is 35.9 Å². The lowest BCUT2D eigenvalue weighted by Gasteiger charge is -2.20. The van der Waals surface area contributed by atoms with Crippen LogP contribution in [-0.4, -0.2) is 50.8 Å². The third-order valence-corrected chi connectivity index (χ3v) is 4.44. The van der Waals surface area contributed by atoms with Gasteiger partial charge in [0.25, 0.3) is 5.56 Å². The van der Waals surface area contributed by atoms with Crippen LogP contribution < -0.4 is 11.2 Å². The molecule has 0 aliphatic carbocycles. The average molecular weight is 397 g/mol. The maximum atomic E-state index is 12.0. The van der Waals surface area contributed by atoms with E-state index in [2.05, 4.69) is 15.0 Å². The van der Waals surface area contributed by atoms with Crippen molar-refractivity contribution < 1.29 is 24.5 Å². The van der Waals surface area contributed by atoms with Crippen LogP contribution in [-0.2, 0) is 14.3 Å². The summed E-state index contributed by atoms with van der Waals surface area (Å²) in [5, 5.41) is 22.3. The van der Waals surface area contributed by atoms with E-state index < -0.39 is 41.9 Å². The van der Waals surface area contributed by atoms with Gasteiger partial charge in [-0.1, -0.05) is 12.0 Å². The van der Waals surface area contributed by atoms with E-state index in [0.717, 1.165) is 0 Å². The summed E-state index contributed by atoms with van der Waals surface area (Å²) in [7, 11) is 0. The first-order valence-corrected chi connectivity index (χ1v) is 8.74. The fraction of sp³-hybridized carbons (Fsp3) is 0.688. The van der Waals surface area contributed by atoms with Gasteiger partial charge in [-0.3, -0.25) is 19.1 Å². The van der Waals surface area contributed by atoms with Crippen molar-refractivity contribution in [3.63, 3.8) is 0 Å². The lowest BCUT2D eigenvalue weighted by atomic mass is 10.0. The van der Waals surface area contributed by atoms with Gasteiger partial charge in [0.2, 0.25) is 0 Å². The number of carboxylic acids is 1. The van der Waals surface area contributed by atoms with Crippen molar-refractivity contribution in [1.82, 2.24) is 9.55 Å². The summed E-state index contributed by atoms with van der Waals surface area (Å²) in [5.41, 5.74) is 7.94. The van der Waals surface area contributed by atoms with Crippen LogP contribution in [0.1, 0.15) is 38.0 Å². The summed E-state index contributed by atoms with van der Waals surface area (Å²) in [5.74, 6) is -1.26. The van der Waals surface area contributed by atoms with E-state index in [-0.39, 0.29) is 31.8 Å². The number of ether oxygens (including phenoxy) is 2. The second-order valence-electron chi connectivity index (χ2n) is 6.84. The minimum absolute atomic E-state index is 0.0990. The number of carboxylic acid groups (broad SMARTS) is 1. The topological polar surface area (TPSA) is 180 Å². The molecule has 2 heterocycles. The van der Waals surface area contributed by atoms with Crippen LogP contribution in [0.5, 0.6) is 0 Å². The second-order valence-corrected chi connectivity index (χ2v) is 6.84. The van der Waals surface area contributed by atoms with Crippen LogP contribution in [0.2, 0.25) is 0 Å². The van der Waals surface area contributed by atoms with E-state index in [9.17, 15) is 19.5 Å². The van der Waals surface area contributed by atoms with Gasteiger partial charge in [-0.15, -0.1) is 0 Å². The van der Waals surface area contributed by atoms with Crippen LogP contribution in [0.15, 0.2) is 20.9 Å². The Bertz CT molecular complexity index is 860. The van der Waals surface area contributed by atoms with Crippen molar-refractivity contribution in [3.05, 3.63) is 43.0 Å². The zero-order chi connectivity index (χ0) is 20.8. The molecule has 12 heteroatoms. The maximum Gasteiger partial charge on any atom is 0.330 e. The number of nitrogens with one attached hydrogen (secondary N) is 1. The van der Waals surface area contributed by atoms with Gasteiger partial charge in [0.15, 0.2) is 6.29 Å². The smallest absolute Gasteiger partial charge is 0.330 e. The maximum absolute atomic E-state index is 12.0. The van der Waals surface area contributed by atoms with Crippen molar-refractivity contribution in [2.75, 3.05) is 6.61 Å². The molecule has 0 aromatic carbocycles. The fourth-order valence-electron chi connectivity index (χ4n) is 3.02. The first kappa shape index (κ1) is 21.6. The molecule has 1 aliphatic heterocycles. The summed E-state index contributed by atoms with van der Waals surface area (Å²) in [6.45, 7) is 3.11. The third-order valence-electron chi connectivity index (χ3n) is 4.44. The molecule has 0 amide bonds.